The lowest BCUT2D eigenvalue weighted by Gasteiger charge is -2.37. The third-order valence-corrected chi connectivity index (χ3v) is 5.14. The Kier molecular flexibility index (Phi) is 4.19. The van der Waals surface area contributed by atoms with Gasteiger partial charge in [-0.25, -0.2) is 0 Å². The highest BCUT2D eigenvalue weighted by Crippen LogP contribution is 2.26. The van der Waals surface area contributed by atoms with E-state index in [0.717, 1.165) is 24.8 Å². The summed E-state index contributed by atoms with van der Waals surface area (Å²) in [6, 6.07) is 6.13. The predicted octanol–water partition coefficient (Wildman–Crippen LogP) is 2.43. The highest BCUT2D eigenvalue weighted by molar-refractivity contribution is 5.80. The first-order valence-electron chi connectivity index (χ1n) is 8.19. The van der Waals surface area contributed by atoms with E-state index in [2.05, 4.69) is 12.1 Å². The molecule has 0 bridgehead atoms. The monoisotopic (exact) mass is 301 g/mol. The molecule has 1 N–H and O–H groups in total. The zero-order valence-corrected chi connectivity index (χ0v) is 13.0. The number of aliphatic carboxylic acids is 1. The largest absolute Gasteiger partial charge is 0.481 e. The van der Waals surface area contributed by atoms with Gasteiger partial charge < -0.3 is 10.0 Å². The minimum Gasteiger partial charge on any atom is -0.481 e. The number of piperidine rings is 1. The van der Waals surface area contributed by atoms with Crippen molar-refractivity contribution in [3.63, 3.8) is 0 Å². The van der Waals surface area contributed by atoms with E-state index in [1.807, 2.05) is 13.0 Å². The van der Waals surface area contributed by atoms with Crippen LogP contribution >= 0.6 is 0 Å². The molecule has 0 aromatic heterocycles. The van der Waals surface area contributed by atoms with Crippen LogP contribution in [0.15, 0.2) is 18.2 Å². The molecule has 118 valence electrons. The number of aryl methyl sites for hydroxylation is 2. The van der Waals surface area contributed by atoms with Crippen LogP contribution in [0.3, 0.4) is 0 Å². The van der Waals surface area contributed by atoms with Crippen LogP contribution in [0.25, 0.3) is 0 Å². The van der Waals surface area contributed by atoms with Crippen molar-refractivity contribution in [1.82, 2.24) is 4.90 Å². The van der Waals surface area contributed by atoms with Crippen LogP contribution in [0, 0.1) is 5.92 Å². The molecule has 1 amide bonds. The first-order chi connectivity index (χ1) is 10.6. The summed E-state index contributed by atoms with van der Waals surface area (Å²) in [5.74, 6) is -1.17. The average molecular weight is 301 g/mol. The van der Waals surface area contributed by atoms with E-state index in [9.17, 15) is 14.7 Å². The Bertz CT molecular complexity index is 596. The van der Waals surface area contributed by atoms with Crippen molar-refractivity contribution in [2.24, 2.45) is 5.92 Å². The van der Waals surface area contributed by atoms with E-state index < -0.39 is 11.9 Å². The van der Waals surface area contributed by atoms with Gasteiger partial charge in [0.25, 0.3) is 0 Å². The molecule has 1 aromatic carbocycles. The Morgan fingerprint density at radius 1 is 1.23 bits per heavy atom. The number of amides is 1. The summed E-state index contributed by atoms with van der Waals surface area (Å²) in [5.41, 5.74) is 3.84. The Balaban J connectivity index is 1.70. The molecule has 0 saturated carbocycles. The topological polar surface area (TPSA) is 57.6 Å². The molecule has 3 rings (SSSR count). The minimum atomic E-state index is -0.789. The Morgan fingerprint density at radius 3 is 2.77 bits per heavy atom. The van der Waals surface area contributed by atoms with E-state index in [4.69, 9.17) is 0 Å². The van der Waals surface area contributed by atoms with Gasteiger partial charge in [-0.05, 0) is 55.7 Å². The molecule has 4 nitrogen and oxygen atoms in total. The number of carbonyl (C=O) groups is 2. The second-order valence-electron chi connectivity index (χ2n) is 6.55. The molecule has 1 heterocycles. The van der Waals surface area contributed by atoms with Crippen molar-refractivity contribution in [2.75, 3.05) is 6.54 Å². The Morgan fingerprint density at radius 2 is 2.00 bits per heavy atom. The zero-order valence-electron chi connectivity index (χ0n) is 13.0. The average Bonchev–Trinajstić information content (AvgIpc) is 2.94. The molecule has 1 aromatic rings. The van der Waals surface area contributed by atoms with Gasteiger partial charge in [0.2, 0.25) is 5.91 Å². The molecule has 1 fully saturated rings. The van der Waals surface area contributed by atoms with Crippen molar-refractivity contribution >= 4 is 11.9 Å². The second-order valence-corrected chi connectivity index (χ2v) is 6.55. The molecule has 1 saturated heterocycles. The predicted molar refractivity (Wildman–Crippen MR) is 83.7 cm³/mol. The zero-order chi connectivity index (χ0) is 15.7. The second kappa shape index (κ2) is 6.11. The third kappa shape index (κ3) is 2.87. The third-order valence-electron chi connectivity index (χ3n) is 5.14. The lowest BCUT2D eigenvalue weighted by Crippen LogP contribution is -2.49. The van der Waals surface area contributed by atoms with Gasteiger partial charge in [0, 0.05) is 12.6 Å². The molecule has 2 aliphatic rings. The normalized spacial score (nSPS) is 24.1. The molecule has 1 aliphatic heterocycles. The van der Waals surface area contributed by atoms with Crippen molar-refractivity contribution in [2.45, 2.75) is 51.5 Å². The van der Waals surface area contributed by atoms with Crippen LogP contribution in [0.1, 0.15) is 42.9 Å². The van der Waals surface area contributed by atoms with Gasteiger partial charge in [-0.2, -0.15) is 0 Å². The van der Waals surface area contributed by atoms with Crippen LogP contribution in [0.2, 0.25) is 0 Å². The molecular formula is C18H23NO3. The summed E-state index contributed by atoms with van der Waals surface area (Å²) in [6.07, 6.45) is 5.28. The number of carbonyl (C=O) groups excluding carboxylic acids is 1. The highest BCUT2D eigenvalue weighted by atomic mass is 16.4. The molecule has 1 aliphatic carbocycles. The molecule has 22 heavy (non-hydrogen) atoms. The fourth-order valence-electron chi connectivity index (χ4n) is 3.84. The molecule has 0 radical (unpaired) electrons. The van der Waals surface area contributed by atoms with Gasteiger partial charge in [0.05, 0.1) is 12.3 Å². The van der Waals surface area contributed by atoms with Crippen LogP contribution in [-0.4, -0.2) is 34.5 Å². The molecule has 0 unspecified atom stereocenters. The summed E-state index contributed by atoms with van der Waals surface area (Å²) >= 11 is 0. The van der Waals surface area contributed by atoms with E-state index in [0.29, 0.717) is 19.4 Å². The number of hydrogen-bond donors (Lipinski definition) is 1. The SMILES string of the molecule is C[C@@H]1[C@H](C(=O)O)CCCN1C(=O)Cc1ccc2c(c1)CCC2. The van der Waals surface area contributed by atoms with Crippen LogP contribution in [0.5, 0.6) is 0 Å². The van der Waals surface area contributed by atoms with Crippen LogP contribution in [0.4, 0.5) is 0 Å². The van der Waals surface area contributed by atoms with E-state index in [1.54, 1.807) is 4.90 Å². The fourth-order valence-corrected chi connectivity index (χ4v) is 3.84. The van der Waals surface area contributed by atoms with Crippen molar-refractivity contribution in [3.8, 4) is 0 Å². The number of hydrogen-bond acceptors (Lipinski definition) is 2. The van der Waals surface area contributed by atoms with E-state index in [1.165, 1.54) is 17.5 Å². The Hall–Kier alpha value is -1.84. The van der Waals surface area contributed by atoms with Crippen molar-refractivity contribution < 1.29 is 14.7 Å². The lowest BCUT2D eigenvalue weighted by atomic mass is 9.90. The van der Waals surface area contributed by atoms with Gasteiger partial charge in [-0.3, -0.25) is 9.59 Å². The molecule has 2 atom stereocenters. The lowest BCUT2D eigenvalue weighted by molar-refractivity contribution is -0.148. The number of likely N-dealkylation sites (tertiary alicyclic amines) is 1. The Labute approximate surface area is 131 Å². The summed E-state index contributed by atoms with van der Waals surface area (Å²) in [5, 5.41) is 9.27. The number of rotatable bonds is 3. The quantitative estimate of drug-likeness (QED) is 0.933. The maximum atomic E-state index is 12.6. The van der Waals surface area contributed by atoms with Crippen LogP contribution in [-0.2, 0) is 28.9 Å². The number of carboxylic acid groups (broad SMARTS) is 1. The first kappa shape index (κ1) is 15.1. The van der Waals surface area contributed by atoms with Gasteiger partial charge in [-0.15, -0.1) is 0 Å². The standard InChI is InChI=1S/C18H23NO3/c1-12-16(18(21)22)6-3-9-19(12)17(20)11-13-7-8-14-4-2-5-15(14)10-13/h7-8,10,12,16H,2-6,9,11H2,1H3,(H,21,22)/t12-,16-/m1/s1. The maximum absolute atomic E-state index is 12.6. The van der Waals surface area contributed by atoms with E-state index in [-0.39, 0.29) is 11.9 Å². The molecule has 4 heteroatoms. The minimum absolute atomic E-state index is 0.0522. The maximum Gasteiger partial charge on any atom is 0.308 e. The molecular weight excluding hydrogens is 278 g/mol. The van der Waals surface area contributed by atoms with Crippen LogP contribution < -0.4 is 0 Å². The van der Waals surface area contributed by atoms with Gasteiger partial charge in [0.15, 0.2) is 0 Å². The fraction of sp³-hybridized carbons (Fsp3) is 0.556. The van der Waals surface area contributed by atoms with Gasteiger partial charge in [-0.1, -0.05) is 18.2 Å². The van der Waals surface area contributed by atoms with Gasteiger partial charge in [0.1, 0.15) is 0 Å². The number of nitrogens with zero attached hydrogens (tertiary/aromatic N) is 1. The summed E-state index contributed by atoms with van der Waals surface area (Å²) in [6.45, 7) is 2.53. The number of carboxylic acids is 1. The first-order valence-corrected chi connectivity index (χ1v) is 8.19. The van der Waals surface area contributed by atoms with E-state index >= 15 is 0 Å². The highest BCUT2D eigenvalue weighted by Gasteiger charge is 2.35. The van der Waals surface area contributed by atoms with Gasteiger partial charge >= 0.3 is 5.97 Å². The number of fused-ring (bicyclic) bond motifs is 1. The van der Waals surface area contributed by atoms with Crippen molar-refractivity contribution in [1.29, 1.82) is 0 Å². The molecule has 0 spiro atoms. The van der Waals surface area contributed by atoms with Crippen molar-refractivity contribution in [3.05, 3.63) is 34.9 Å². The summed E-state index contributed by atoms with van der Waals surface area (Å²) in [4.78, 5) is 25.6. The summed E-state index contributed by atoms with van der Waals surface area (Å²) in [7, 11) is 0. The smallest absolute Gasteiger partial charge is 0.308 e. The number of benzene rings is 1. The summed E-state index contributed by atoms with van der Waals surface area (Å²) < 4.78 is 0.